The van der Waals surface area contributed by atoms with Gasteiger partial charge in [0.2, 0.25) is 5.79 Å². The van der Waals surface area contributed by atoms with E-state index >= 15 is 0 Å². The highest BCUT2D eigenvalue weighted by atomic mass is 32.2. The van der Waals surface area contributed by atoms with Gasteiger partial charge in [-0.25, -0.2) is 23.1 Å². The zero-order valence-corrected chi connectivity index (χ0v) is 36.6. The normalized spacial score (nSPS) is 49.1. The van der Waals surface area contributed by atoms with Crippen molar-refractivity contribution in [3.8, 4) is 0 Å². The fraction of sp³-hybridized carbons (Fsp3) is 0.867. The predicted octanol–water partition coefficient (Wildman–Crippen LogP) is 7.19. The molecule has 2 N–H and O–H groups in total. The molecule has 7 aliphatic heterocycles. The van der Waals surface area contributed by atoms with Crippen molar-refractivity contribution in [2.45, 2.75) is 189 Å². The second kappa shape index (κ2) is 16.1. The molecule has 10 unspecified atom stereocenters. The van der Waals surface area contributed by atoms with Gasteiger partial charge in [0.25, 0.3) is 5.97 Å². The Morgan fingerprint density at radius 3 is 2.36 bits per heavy atom. The van der Waals surface area contributed by atoms with Crippen molar-refractivity contribution in [2.75, 3.05) is 12.4 Å². The lowest BCUT2D eigenvalue weighted by Gasteiger charge is -2.60. The summed E-state index contributed by atoms with van der Waals surface area (Å²) in [5.74, 6) is -1.44. The molecule has 9 aliphatic rings. The van der Waals surface area contributed by atoms with E-state index in [-0.39, 0.29) is 84.2 Å². The van der Waals surface area contributed by atoms with Gasteiger partial charge >= 0.3 is 0 Å². The van der Waals surface area contributed by atoms with E-state index in [0.29, 0.717) is 18.3 Å². The standard InChI is InChI=1S/C45H68O13S/c1-26-13-16-34(43(56-47)25-50-28(3)15-18-32(26)43)29(4)36(46)23-38-40-39(53-44(52-38,54-40)20-10-22-59(48,49)31-11-8-7-9-12-31)24-37-30(5)35-17-14-27(2)33-19-21-42(6)55-41(51-37)45(33,35)58-57-42/h7-9,11-12,26-30,32-41,46-47H,10,13-25H2,1-6H3/t26-,27-,28?,29?,30?,32+,33+,34+,35?,36?,37?,38?,39?,40?,41-,42-,43-,44?,45-/m1/s1. The smallest absolute Gasteiger partial charge is 0.284 e. The summed E-state index contributed by atoms with van der Waals surface area (Å²) < 4.78 is 66.6. The molecule has 332 valence electrons. The van der Waals surface area contributed by atoms with Crippen molar-refractivity contribution < 1.29 is 61.9 Å². The molecule has 10 rings (SSSR count). The molecule has 1 aromatic carbocycles. The average Bonchev–Trinajstić information content (AvgIpc) is 3.55. The minimum Gasteiger partial charge on any atom is -0.393 e. The third kappa shape index (κ3) is 7.38. The lowest BCUT2D eigenvalue weighted by atomic mass is 9.57. The molecule has 19 atom stereocenters. The molecule has 13 nitrogen and oxygen atoms in total. The van der Waals surface area contributed by atoms with Gasteiger partial charge < -0.3 is 33.5 Å². The maximum absolute atomic E-state index is 13.3. The Morgan fingerprint density at radius 2 is 1.58 bits per heavy atom. The Balaban J connectivity index is 0.949. The van der Waals surface area contributed by atoms with Gasteiger partial charge in [-0.1, -0.05) is 45.9 Å². The van der Waals surface area contributed by atoms with E-state index in [1.54, 1.807) is 30.3 Å². The molecule has 59 heavy (non-hydrogen) atoms. The number of hydrogen-bond donors (Lipinski definition) is 2. The van der Waals surface area contributed by atoms with Gasteiger partial charge in [0, 0.05) is 31.6 Å². The minimum atomic E-state index is -3.54. The molecule has 2 aliphatic carbocycles. The van der Waals surface area contributed by atoms with Crippen LogP contribution in [0.5, 0.6) is 0 Å². The highest BCUT2D eigenvalue weighted by Crippen LogP contribution is 2.61. The van der Waals surface area contributed by atoms with Gasteiger partial charge in [-0.05, 0) is 119 Å². The predicted molar refractivity (Wildman–Crippen MR) is 213 cm³/mol. The molecule has 0 amide bonds. The zero-order chi connectivity index (χ0) is 41.5. The van der Waals surface area contributed by atoms with Crippen molar-refractivity contribution in [1.82, 2.24) is 0 Å². The van der Waals surface area contributed by atoms with Crippen LogP contribution in [-0.2, 0) is 52.9 Å². The molecule has 9 fully saturated rings. The molecule has 2 saturated carbocycles. The average molecular weight is 849 g/mol. The fourth-order valence-electron chi connectivity index (χ4n) is 13.3. The Morgan fingerprint density at radius 1 is 0.847 bits per heavy atom. The number of fused-ring (bicyclic) bond motifs is 5. The molecule has 1 aromatic rings. The summed E-state index contributed by atoms with van der Waals surface area (Å²) in [5.41, 5.74) is -1.60. The highest BCUT2D eigenvalue weighted by molar-refractivity contribution is 7.91. The molecule has 1 spiro atoms. The van der Waals surface area contributed by atoms with Crippen molar-refractivity contribution in [2.24, 2.45) is 47.3 Å². The first-order valence-corrected chi connectivity index (χ1v) is 24.4. The van der Waals surface area contributed by atoms with Gasteiger partial charge in [-0.2, -0.15) is 0 Å². The van der Waals surface area contributed by atoms with Crippen molar-refractivity contribution in [3.05, 3.63) is 30.3 Å². The molecule has 0 aromatic heterocycles. The Labute approximate surface area is 350 Å². The zero-order valence-electron chi connectivity index (χ0n) is 35.7. The minimum absolute atomic E-state index is 0.0637. The maximum atomic E-state index is 13.3. The number of benzene rings is 1. The largest absolute Gasteiger partial charge is 0.393 e. The number of aliphatic hydroxyl groups excluding tert-OH is 1. The van der Waals surface area contributed by atoms with Crippen LogP contribution in [0.1, 0.15) is 119 Å². The van der Waals surface area contributed by atoms with Gasteiger partial charge in [-0.15, -0.1) is 0 Å². The summed E-state index contributed by atoms with van der Waals surface area (Å²) in [6.07, 6.45) is 5.46. The van der Waals surface area contributed by atoms with Gasteiger partial charge in [0.15, 0.2) is 21.7 Å². The van der Waals surface area contributed by atoms with E-state index in [1.807, 2.05) is 13.8 Å². The Hall–Kier alpha value is -1.27. The second-order valence-corrected chi connectivity index (χ2v) is 22.3. The third-order valence-corrected chi connectivity index (χ3v) is 18.5. The summed E-state index contributed by atoms with van der Waals surface area (Å²) in [6.45, 7) is 13.1. The molecule has 4 bridgehead atoms. The van der Waals surface area contributed by atoms with Crippen LogP contribution in [-0.4, -0.2) is 97.0 Å². The van der Waals surface area contributed by atoms with E-state index in [2.05, 4.69) is 27.7 Å². The lowest BCUT2D eigenvalue weighted by molar-refractivity contribution is -0.571. The maximum Gasteiger partial charge on any atom is 0.284 e. The van der Waals surface area contributed by atoms with Crippen LogP contribution in [0.25, 0.3) is 0 Å². The third-order valence-electron chi connectivity index (χ3n) is 16.7. The van der Waals surface area contributed by atoms with Crippen molar-refractivity contribution in [3.63, 3.8) is 0 Å². The van der Waals surface area contributed by atoms with Crippen LogP contribution in [0.3, 0.4) is 0 Å². The quantitative estimate of drug-likeness (QED) is 0.161. The fourth-order valence-corrected chi connectivity index (χ4v) is 14.6. The SMILES string of the molecule is CC1CC[C@H]2[C@H](C)CC[C@@H](C(C)C(O)CC3OC4(CCCS(=O)(=O)c5ccccc5)OC(CC5O[C@@H]6O[C@@]7(C)CC[C@H]8[C@H](C)CCC(C5C)[C@@]68OO7)C3O4)[C@@]2(OO)CO1. The number of aliphatic hydroxyl groups is 1. The van der Waals surface area contributed by atoms with E-state index in [1.165, 1.54) is 0 Å². The monoisotopic (exact) mass is 848 g/mol. The van der Waals surface area contributed by atoms with Crippen LogP contribution in [0.4, 0.5) is 0 Å². The lowest BCUT2D eigenvalue weighted by Crippen LogP contribution is -2.70. The van der Waals surface area contributed by atoms with Crippen molar-refractivity contribution >= 4 is 9.84 Å². The first kappa shape index (κ1) is 43.0. The summed E-state index contributed by atoms with van der Waals surface area (Å²) in [5, 5.41) is 22.8. The van der Waals surface area contributed by atoms with Crippen molar-refractivity contribution in [1.29, 1.82) is 0 Å². The van der Waals surface area contributed by atoms with Crippen LogP contribution < -0.4 is 0 Å². The Bertz CT molecular complexity index is 1750. The van der Waals surface area contributed by atoms with Crippen LogP contribution in [0, 0.1) is 47.3 Å². The summed E-state index contributed by atoms with van der Waals surface area (Å²) in [4.78, 5) is 18.3. The van der Waals surface area contributed by atoms with E-state index in [9.17, 15) is 18.8 Å². The van der Waals surface area contributed by atoms with Crippen LogP contribution >= 0.6 is 0 Å². The van der Waals surface area contributed by atoms with Gasteiger partial charge in [-0.3, -0.25) is 5.26 Å². The van der Waals surface area contributed by atoms with Crippen LogP contribution in [0.2, 0.25) is 0 Å². The number of hydrogen-bond acceptors (Lipinski definition) is 13. The first-order valence-electron chi connectivity index (χ1n) is 22.8. The Kier molecular flexibility index (Phi) is 11.7. The topological polar surface area (TPSA) is 158 Å². The molecular formula is C45H68O13S. The number of sulfone groups is 1. The molecular weight excluding hydrogens is 781 g/mol. The first-order chi connectivity index (χ1) is 28.1. The van der Waals surface area contributed by atoms with Gasteiger partial charge in [0.1, 0.15) is 11.7 Å². The van der Waals surface area contributed by atoms with E-state index in [4.69, 9.17) is 43.1 Å². The van der Waals surface area contributed by atoms with Gasteiger partial charge in [0.05, 0.1) is 47.8 Å². The van der Waals surface area contributed by atoms with E-state index in [0.717, 1.165) is 51.4 Å². The molecule has 0 radical (unpaired) electrons. The number of ether oxygens (including phenoxy) is 6. The van der Waals surface area contributed by atoms with E-state index < -0.39 is 63.5 Å². The highest BCUT2D eigenvalue weighted by Gasteiger charge is 2.70. The molecule has 14 heteroatoms. The summed E-state index contributed by atoms with van der Waals surface area (Å²) in [7, 11) is -3.54. The summed E-state index contributed by atoms with van der Waals surface area (Å²) in [6, 6.07) is 8.47. The molecule has 7 heterocycles. The van der Waals surface area contributed by atoms with Crippen LogP contribution in [0.15, 0.2) is 35.2 Å². The number of rotatable bonds is 12. The molecule has 7 saturated heterocycles. The summed E-state index contributed by atoms with van der Waals surface area (Å²) >= 11 is 0. The second-order valence-electron chi connectivity index (χ2n) is 20.2.